The lowest BCUT2D eigenvalue weighted by atomic mass is 10.6. The van der Waals surface area contributed by atoms with Gasteiger partial charge in [0.05, 0.1) is 0 Å². The van der Waals surface area contributed by atoms with Crippen LogP contribution < -0.4 is 0 Å². The van der Waals surface area contributed by atoms with Crippen molar-refractivity contribution >= 4 is 26.3 Å². The summed E-state index contributed by atoms with van der Waals surface area (Å²) in [7, 11) is -5.03. The van der Waals surface area contributed by atoms with Gasteiger partial charge in [0.1, 0.15) is 19.8 Å². The first-order chi connectivity index (χ1) is 12.4. The highest BCUT2D eigenvalue weighted by Gasteiger charge is 2.41. The fraction of sp³-hybridized carbons (Fsp3) is 0.400. The van der Waals surface area contributed by atoms with Gasteiger partial charge in [-0.2, -0.15) is 4.57 Å². The van der Waals surface area contributed by atoms with E-state index in [1.165, 1.54) is 18.2 Å². The highest BCUT2D eigenvalue weighted by Crippen LogP contribution is 2.50. The molecule has 0 spiro atoms. The summed E-state index contributed by atoms with van der Waals surface area (Å²) in [6.45, 7) is 4.42. The van der Waals surface area contributed by atoms with Gasteiger partial charge in [-0.15, -0.1) is 0 Å². The van der Waals surface area contributed by atoms with E-state index in [1.807, 2.05) is 0 Å². The lowest BCUT2D eigenvalue weighted by Gasteiger charge is -2.15. The van der Waals surface area contributed by atoms with Gasteiger partial charge in [0.15, 0.2) is 0 Å². The minimum atomic E-state index is -5.03. The smallest absolute Gasteiger partial charge is 0.430 e. The van der Waals surface area contributed by atoms with E-state index in [0.29, 0.717) is 0 Å². The van der Waals surface area contributed by atoms with Gasteiger partial charge in [0, 0.05) is 0 Å². The summed E-state index contributed by atoms with van der Waals surface area (Å²) < 4.78 is 38.9. The van der Waals surface area contributed by atoms with Crippen LogP contribution in [0.5, 0.6) is 0 Å². The zero-order chi connectivity index (χ0) is 19.8. The average molecular weight is 392 g/mol. The molecule has 0 aliphatic carbocycles. The molecule has 0 aromatic heterocycles. The second-order valence-corrected chi connectivity index (χ2v) is 5.55. The Morgan fingerprint density at radius 3 is 1.15 bits per heavy atom. The minimum Gasteiger partial charge on any atom is -0.430 e. The zero-order valence-corrected chi connectivity index (χ0v) is 15.5. The molecule has 0 atom stereocenters. The highest BCUT2D eigenvalue weighted by molar-refractivity contribution is 7.50. The summed E-state index contributed by atoms with van der Waals surface area (Å²) in [5, 5.41) is 0. The summed E-state index contributed by atoms with van der Waals surface area (Å²) >= 11 is 0. The molecule has 146 valence electrons. The van der Waals surface area contributed by atoms with E-state index in [4.69, 9.17) is 0 Å². The molecule has 0 aliphatic heterocycles. The number of hydrogen-bond acceptors (Lipinski definition) is 10. The van der Waals surface area contributed by atoms with Gasteiger partial charge >= 0.3 is 26.3 Å². The first-order valence-electron chi connectivity index (χ1n) is 7.39. The van der Waals surface area contributed by atoms with Crippen LogP contribution in [-0.2, 0) is 32.3 Å². The summed E-state index contributed by atoms with van der Waals surface area (Å²) in [6.07, 6.45) is 4.61. The van der Waals surface area contributed by atoms with Gasteiger partial charge < -0.3 is 27.8 Å². The van der Waals surface area contributed by atoms with Crippen LogP contribution in [0.25, 0.3) is 0 Å². The van der Waals surface area contributed by atoms with Crippen LogP contribution in [0.15, 0.2) is 36.5 Å². The van der Waals surface area contributed by atoms with Gasteiger partial charge in [0.25, 0.3) is 0 Å². The van der Waals surface area contributed by atoms with Gasteiger partial charge in [0.2, 0.25) is 0 Å². The van der Waals surface area contributed by atoms with Gasteiger partial charge in [-0.05, 0) is 20.8 Å². The van der Waals surface area contributed by atoms with E-state index in [2.05, 4.69) is 27.8 Å². The topological polar surface area (TPSA) is 124 Å². The molecular formula is C15H21O10P. The third kappa shape index (κ3) is 11.7. The Hall–Kier alpha value is -2.74. The van der Waals surface area contributed by atoms with E-state index in [1.54, 1.807) is 39.0 Å². The van der Waals surface area contributed by atoms with Crippen molar-refractivity contribution < 1.29 is 46.7 Å². The van der Waals surface area contributed by atoms with Crippen LogP contribution in [0.4, 0.5) is 14.4 Å². The quantitative estimate of drug-likeness (QED) is 0.243. The molecule has 0 heterocycles. The maximum absolute atomic E-state index is 12.3. The largest absolute Gasteiger partial charge is 0.661 e. The van der Waals surface area contributed by atoms with E-state index >= 15 is 0 Å². The maximum atomic E-state index is 12.3. The van der Waals surface area contributed by atoms with Crippen LogP contribution in [0, 0.1) is 0 Å². The number of phosphoric ester groups is 1. The number of rotatable bonds is 9. The summed E-state index contributed by atoms with van der Waals surface area (Å²) in [5.74, 6) is 0. The molecule has 26 heavy (non-hydrogen) atoms. The molecule has 0 aromatic carbocycles. The van der Waals surface area contributed by atoms with E-state index in [0.717, 1.165) is 0 Å². The highest BCUT2D eigenvalue weighted by atomic mass is 31.2. The summed E-state index contributed by atoms with van der Waals surface area (Å²) in [5.41, 5.74) is 0. The Labute approximate surface area is 150 Å². The average Bonchev–Trinajstić information content (AvgIpc) is 2.55. The maximum Gasteiger partial charge on any atom is 0.661 e. The van der Waals surface area contributed by atoms with Gasteiger partial charge in [-0.3, -0.25) is 0 Å². The molecule has 0 bridgehead atoms. The fourth-order valence-corrected chi connectivity index (χ4v) is 1.86. The molecular weight excluding hydrogens is 371 g/mol. The number of allylic oxidation sites excluding steroid dienone is 3. The van der Waals surface area contributed by atoms with Crippen LogP contribution in [0.2, 0.25) is 0 Å². The monoisotopic (exact) mass is 392 g/mol. The van der Waals surface area contributed by atoms with Crippen molar-refractivity contribution in [3.8, 4) is 0 Å². The second kappa shape index (κ2) is 13.5. The summed E-state index contributed by atoms with van der Waals surface area (Å²) in [6, 6.07) is 0. The number of carbonyl (C=O) groups is 3. The van der Waals surface area contributed by atoms with Crippen LogP contribution in [-0.4, -0.2) is 38.3 Å². The van der Waals surface area contributed by atoms with Crippen molar-refractivity contribution in [1.82, 2.24) is 0 Å². The lowest BCUT2D eigenvalue weighted by molar-refractivity contribution is 0.0560. The van der Waals surface area contributed by atoms with Crippen molar-refractivity contribution in [2.75, 3.05) is 19.8 Å². The number of phosphoric acid groups is 1. The van der Waals surface area contributed by atoms with Crippen molar-refractivity contribution in [1.29, 1.82) is 0 Å². The molecule has 0 amide bonds. The molecule has 0 unspecified atom stereocenters. The number of ether oxygens (including phenoxy) is 3. The van der Waals surface area contributed by atoms with Crippen LogP contribution in [0.3, 0.4) is 0 Å². The molecule has 0 fully saturated rings. The predicted molar refractivity (Wildman–Crippen MR) is 89.3 cm³/mol. The van der Waals surface area contributed by atoms with Crippen molar-refractivity contribution in [2.45, 2.75) is 20.8 Å². The molecule has 0 N–H and O–H groups in total. The molecule has 0 radical (unpaired) electrons. The Balaban J connectivity index is 4.93. The molecule has 0 saturated carbocycles. The normalized spacial score (nSPS) is 11.5. The molecule has 0 aromatic rings. The van der Waals surface area contributed by atoms with E-state index in [-0.39, 0.29) is 19.8 Å². The van der Waals surface area contributed by atoms with Crippen LogP contribution >= 0.6 is 7.82 Å². The zero-order valence-electron chi connectivity index (χ0n) is 14.6. The van der Waals surface area contributed by atoms with Crippen LogP contribution in [0.1, 0.15) is 20.8 Å². The Morgan fingerprint density at radius 2 is 0.923 bits per heavy atom. The van der Waals surface area contributed by atoms with Gasteiger partial charge in [-0.1, -0.05) is 36.5 Å². The predicted octanol–water partition coefficient (Wildman–Crippen LogP) is 4.28. The SMILES string of the molecule is C/C=C/COC(=O)OP(=O)(OC(=O)OC/C=C/C)OC(=O)OC/C=C/C. The summed E-state index contributed by atoms with van der Waals surface area (Å²) in [4.78, 5) is 34.4. The lowest BCUT2D eigenvalue weighted by Crippen LogP contribution is -2.16. The molecule has 0 aliphatic rings. The fourth-order valence-electron chi connectivity index (χ4n) is 1.05. The molecule has 10 nitrogen and oxygen atoms in total. The number of hydrogen-bond donors (Lipinski definition) is 0. The standard InChI is InChI=1S/C15H21O10P/c1-4-7-10-20-13(16)23-26(19,24-14(17)21-11-8-5-2)25-15(18)22-12-9-6-3/h4-9H,10-12H2,1-3H3/b7-4+,8-5+,9-6+. The van der Waals surface area contributed by atoms with E-state index < -0.39 is 26.3 Å². The van der Waals surface area contributed by atoms with Crippen molar-refractivity contribution in [3.63, 3.8) is 0 Å². The third-order valence-corrected chi connectivity index (χ3v) is 3.28. The first-order valence-corrected chi connectivity index (χ1v) is 8.85. The number of carbonyl (C=O) groups excluding carboxylic acids is 3. The van der Waals surface area contributed by atoms with Crippen molar-refractivity contribution in [2.24, 2.45) is 0 Å². The Kier molecular flexibility index (Phi) is 12.1. The van der Waals surface area contributed by atoms with Gasteiger partial charge in [-0.25, -0.2) is 14.4 Å². The molecule has 0 saturated heterocycles. The Bertz CT molecular complexity index is 512. The second-order valence-electron chi connectivity index (χ2n) is 4.11. The third-order valence-electron chi connectivity index (χ3n) is 2.16. The molecule has 11 heteroatoms. The van der Waals surface area contributed by atoms with E-state index in [9.17, 15) is 18.9 Å². The Morgan fingerprint density at radius 1 is 0.654 bits per heavy atom. The minimum absolute atomic E-state index is 0.202. The van der Waals surface area contributed by atoms with Crippen molar-refractivity contribution in [3.05, 3.63) is 36.5 Å². The first kappa shape index (κ1) is 23.3. The molecule has 0 rings (SSSR count).